The number of para-hydroxylation sites is 1. The molecular formula is C21H24N4OS2. The third kappa shape index (κ3) is 3.86. The van der Waals surface area contributed by atoms with E-state index in [0.717, 1.165) is 34.6 Å². The van der Waals surface area contributed by atoms with Crippen molar-refractivity contribution in [2.45, 2.75) is 50.4 Å². The van der Waals surface area contributed by atoms with Crippen LogP contribution in [-0.2, 0) is 23.4 Å². The van der Waals surface area contributed by atoms with Gasteiger partial charge < -0.3 is 0 Å². The van der Waals surface area contributed by atoms with Crippen molar-refractivity contribution in [1.82, 2.24) is 14.5 Å². The predicted molar refractivity (Wildman–Crippen MR) is 116 cm³/mol. The Labute approximate surface area is 173 Å². The van der Waals surface area contributed by atoms with Crippen molar-refractivity contribution in [3.05, 3.63) is 52.8 Å². The summed E-state index contributed by atoms with van der Waals surface area (Å²) >= 11 is 3.25. The van der Waals surface area contributed by atoms with Gasteiger partial charge in [-0.05, 0) is 44.7 Å². The topological polar surface area (TPSA) is 51.0 Å². The molecule has 146 valence electrons. The van der Waals surface area contributed by atoms with Gasteiger partial charge in [-0.15, -0.1) is 11.3 Å². The van der Waals surface area contributed by atoms with Crippen molar-refractivity contribution in [2.24, 2.45) is 0 Å². The maximum absolute atomic E-state index is 11.8. The van der Waals surface area contributed by atoms with Crippen LogP contribution < -0.4 is 4.90 Å². The van der Waals surface area contributed by atoms with Gasteiger partial charge in [0.05, 0.1) is 11.4 Å². The van der Waals surface area contributed by atoms with E-state index in [-0.39, 0.29) is 5.91 Å². The molecule has 0 spiro atoms. The first-order valence-electron chi connectivity index (χ1n) is 9.68. The Balaban J connectivity index is 1.58. The molecule has 1 amide bonds. The Kier molecular flexibility index (Phi) is 5.82. The molecule has 1 aliphatic rings. The zero-order valence-electron chi connectivity index (χ0n) is 16.2. The lowest BCUT2D eigenvalue weighted by atomic mass is 10.0. The summed E-state index contributed by atoms with van der Waals surface area (Å²) in [5.41, 5.74) is 4.76. The smallest absolute Gasteiger partial charge is 0.225 e. The second-order valence-corrected chi connectivity index (χ2v) is 8.62. The molecule has 1 aromatic carbocycles. The van der Waals surface area contributed by atoms with Gasteiger partial charge >= 0.3 is 0 Å². The highest BCUT2D eigenvalue weighted by Crippen LogP contribution is 2.33. The number of aromatic nitrogens is 3. The molecule has 28 heavy (non-hydrogen) atoms. The first-order chi connectivity index (χ1) is 13.7. The molecule has 0 aliphatic heterocycles. The number of anilines is 1. The van der Waals surface area contributed by atoms with E-state index in [2.05, 4.69) is 33.8 Å². The fourth-order valence-corrected chi connectivity index (χ4v) is 5.56. The van der Waals surface area contributed by atoms with E-state index in [4.69, 9.17) is 4.98 Å². The summed E-state index contributed by atoms with van der Waals surface area (Å²) in [5.74, 6) is 0.776. The standard InChI is InChI=1S/C21H24N4OS2/c1-3-24(15(2)26)20-22-16(13-27-20)14-28-21-23-18-11-7-8-12-19(18)25(21)17-9-5-4-6-10-17/h4-6,9-10,13H,3,7-8,11-12,14H2,1-2H3. The number of rotatable bonds is 6. The number of fused-ring (bicyclic) bond motifs is 1. The number of hydrogen-bond donors (Lipinski definition) is 0. The number of carbonyl (C=O) groups is 1. The SMILES string of the molecule is CCN(C(C)=O)c1nc(CSc2nc3c(n2-c2ccccc2)CCCC3)cs1. The van der Waals surface area contributed by atoms with Gasteiger partial charge in [-0.2, -0.15) is 0 Å². The van der Waals surface area contributed by atoms with Crippen LogP contribution >= 0.6 is 23.1 Å². The molecule has 1 aliphatic carbocycles. The summed E-state index contributed by atoms with van der Waals surface area (Å²) in [6.45, 7) is 4.19. The van der Waals surface area contributed by atoms with Crippen LogP contribution in [0.15, 0.2) is 40.9 Å². The number of aryl methyl sites for hydroxylation is 1. The fraction of sp³-hybridized carbons (Fsp3) is 0.381. The molecule has 0 radical (unpaired) electrons. The van der Waals surface area contributed by atoms with Gasteiger partial charge in [0, 0.05) is 36.0 Å². The molecule has 0 atom stereocenters. The van der Waals surface area contributed by atoms with Crippen molar-refractivity contribution >= 4 is 34.1 Å². The van der Waals surface area contributed by atoms with Gasteiger partial charge in [0.1, 0.15) is 0 Å². The third-order valence-corrected chi connectivity index (χ3v) is 6.82. The number of benzene rings is 1. The van der Waals surface area contributed by atoms with Crippen LogP contribution in [0.25, 0.3) is 5.69 Å². The van der Waals surface area contributed by atoms with Crippen molar-refractivity contribution in [3.63, 3.8) is 0 Å². The summed E-state index contributed by atoms with van der Waals surface area (Å²) in [6, 6.07) is 10.5. The van der Waals surface area contributed by atoms with Crippen LogP contribution in [0.3, 0.4) is 0 Å². The highest BCUT2D eigenvalue weighted by molar-refractivity contribution is 7.98. The van der Waals surface area contributed by atoms with Gasteiger partial charge in [-0.25, -0.2) is 9.97 Å². The highest BCUT2D eigenvalue weighted by Gasteiger charge is 2.22. The first-order valence-corrected chi connectivity index (χ1v) is 11.5. The molecule has 4 rings (SSSR count). The summed E-state index contributed by atoms with van der Waals surface area (Å²) < 4.78 is 2.32. The number of amides is 1. The largest absolute Gasteiger partial charge is 0.292 e. The average molecular weight is 413 g/mol. The van der Waals surface area contributed by atoms with E-state index in [1.54, 1.807) is 23.6 Å². The van der Waals surface area contributed by atoms with Gasteiger partial charge in [-0.3, -0.25) is 14.3 Å². The van der Waals surface area contributed by atoms with Crippen molar-refractivity contribution < 1.29 is 4.79 Å². The Morgan fingerprint density at radius 2 is 2.00 bits per heavy atom. The van der Waals surface area contributed by atoms with E-state index in [1.807, 2.05) is 18.4 Å². The number of hydrogen-bond acceptors (Lipinski definition) is 5. The minimum atomic E-state index is 0.0309. The molecule has 0 bridgehead atoms. The van der Waals surface area contributed by atoms with Gasteiger partial charge in [0.2, 0.25) is 5.91 Å². The van der Waals surface area contributed by atoms with Crippen molar-refractivity contribution in [3.8, 4) is 5.69 Å². The predicted octanol–water partition coefficient (Wildman–Crippen LogP) is 4.87. The van der Waals surface area contributed by atoms with Crippen LogP contribution in [0.2, 0.25) is 0 Å². The molecule has 3 aromatic rings. The lowest BCUT2D eigenvalue weighted by Gasteiger charge is -2.15. The van der Waals surface area contributed by atoms with E-state index in [0.29, 0.717) is 6.54 Å². The van der Waals surface area contributed by atoms with E-state index in [1.165, 1.54) is 41.3 Å². The Morgan fingerprint density at radius 3 is 2.75 bits per heavy atom. The van der Waals surface area contributed by atoms with Crippen molar-refractivity contribution in [2.75, 3.05) is 11.4 Å². The molecule has 0 saturated carbocycles. The Morgan fingerprint density at radius 1 is 1.21 bits per heavy atom. The second-order valence-electron chi connectivity index (χ2n) is 6.84. The summed E-state index contributed by atoms with van der Waals surface area (Å²) in [4.78, 5) is 23.1. The molecular weight excluding hydrogens is 388 g/mol. The lowest BCUT2D eigenvalue weighted by Crippen LogP contribution is -2.27. The molecule has 0 saturated heterocycles. The van der Waals surface area contributed by atoms with Gasteiger partial charge in [0.15, 0.2) is 10.3 Å². The minimum absolute atomic E-state index is 0.0309. The number of thioether (sulfide) groups is 1. The van der Waals surface area contributed by atoms with E-state index >= 15 is 0 Å². The number of carbonyl (C=O) groups excluding carboxylic acids is 1. The van der Waals surface area contributed by atoms with Crippen LogP contribution in [0.1, 0.15) is 43.8 Å². The second kappa shape index (κ2) is 8.49. The molecule has 5 nitrogen and oxygen atoms in total. The summed E-state index contributed by atoms with van der Waals surface area (Å²) in [7, 11) is 0. The maximum atomic E-state index is 11.8. The summed E-state index contributed by atoms with van der Waals surface area (Å²) in [6.07, 6.45) is 4.59. The van der Waals surface area contributed by atoms with Crippen LogP contribution in [0.5, 0.6) is 0 Å². The van der Waals surface area contributed by atoms with Gasteiger partial charge in [-0.1, -0.05) is 30.0 Å². The molecule has 0 unspecified atom stereocenters. The number of thiazole rings is 1. The fourth-order valence-electron chi connectivity index (χ4n) is 3.57. The minimum Gasteiger partial charge on any atom is -0.292 e. The zero-order valence-corrected chi connectivity index (χ0v) is 17.9. The maximum Gasteiger partial charge on any atom is 0.225 e. The number of imidazole rings is 1. The molecule has 7 heteroatoms. The highest BCUT2D eigenvalue weighted by atomic mass is 32.2. The van der Waals surface area contributed by atoms with Crippen LogP contribution in [0.4, 0.5) is 5.13 Å². The lowest BCUT2D eigenvalue weighted by molar-refractivity contribution is -0.116. The molecule has 2 heterocycles. The third-order valence-electron chi connectivity index (χ3n) is 4.93. The van der Waals surface area contributed by atoms with E-state index < -0.39 is 0 Å². The monoisotopic (exact) mass is 412 g/mol. The van der Waals surface area contributed by atoms with Gasteiger partial charge in [0.25, 0.3) is 0 Å². The van der Waals surface area contributed by atoms with Crippen LogP contribution in [0, 0.1) is 0 Å². The quantitative estimate of drug-likeness (QED) is 0.542. The molecule has 2 aromatic heterocycles. The number of nitrogens with zero attached hydrogens (tertiary/aromatic N) is 4. The summed E-state index contributed by atoms with van der Waals surface area (Å²) in [5, 5.41) is 3.85. The van der Waals surface area contributed by atoms with Crippen LogP contribution in [-0.4, -0.2) is 27.0 Å². The molecule has 0 N–H and O–H groups in total. The average Bonchev–Trinajstić information content (AvgIpc) is 3.31. The normalized spacial score (nSPS) is 13.4. The first kappa shape index (κ1) is 19.2. The Bertz CT molecular complexity index is 964. The molecule has 0 fully saturated rings. The van der Waals surface area contributed by atoms with Crippen molar-refractivity contribution in [1.29, 1.82) is 0 Å². The van der Waals surface area contributed by atoms with E-state index in [9.17, 15) is 4.79 Å². The Hall–Kier alpha value is -2.12. The zero-order chi connectivity index (χ0) is 19.5.